The standard InChI is InChI=1S/C85H118N22O20S2/c1-44(2)70(83(125)103-61(36-48-16-7-6-8-17-48)77(119)95-45(3)73(115)91-35-32-69(113)97-57(72(89)114)22-13-14-33-86)106-75(117)58(23-15-34-92-85(90)127)98-79(121)63(38-50-40-93-55-20-11-9-18-53(50)55)102-78(120)62(37-49-24-26-52(110)27-25-49)101-82(124)66(43-129)105-74(116)59(28-30-67(87)111)99-80(122)64(39-51-41-94-56-21-12-10-19-54(51)56)104-84(126)71(46(4)108)107-76(118)60(29-31-68(88)112)100-81(123)65(42-128)96-47(5)109/h6-12,16-21,24-27,40-41,44-46,57-66,70-71,93-94,108,110,128-129H,13-15,22-23,28-39,42-43,86H2,1-5H3,(H2,87,111)(H2,88,112)(H2,89,114)(H,91,115)(H,95,119)(H,96,109)(H,97,113)(H,98,121)(H,99,122)(H,100,123)(H,101,124)(H,102,120)(H,103,125)(H,104,126)(H,105,116)(H,106,117)(H,107,118)(H3,90,92,127)/t45-,46-,57-,58+,59+,60+,61+,62+,63+,64+,65+,66+,70+,71+/m1/s1. The van der Waals surface area contributed by atoms with E-state index in [1.807, 2.05) is 0 Å². The average Bonchev–Trinajstić information content (AvgIpc) is 1.64. The van der Waals surface area contributed by atoms with Gasteiger partial charge in [-0.05, 0) is 118 Å². The van der Waals surface area contributed by atoms with Crippen molar-refractivity contribution in [1.82, 2.24) is 89.7 Å². The number of carbonyl (C=O) groups is 18. The Labute approximate surface area is 754 Å². The van der Waals surface area contributed by atoms with Gasteiger partial charge >= 0.3 is 6.03 Å². The summed E-state index contributed by atoms with van der Waals surface area (Å²) in [5.41, 5.74) is 30.4. The molecule has 129 heavy (non-hydrogen) atoms. The Hall–Kier alpha value is -13.4. The summed E-state index contributed by atoms with van der Waals surface area (Å²) < 4.78 is 0. The first-order chi connectivity index (χ1) is 61.3. The number of nitrogens with one attached hydrogen (secondary N) is 17. The van der Waals surface area contributed by atoms with Crippen LogP contribution in [0.2, 0.25) is 0 Å². The number of urea groups is 1. The number of aliphatic hydroxyl groups excluding tert-OH is 1. The topological polar surface area (TPSA) is 690 Å². The number of rotatable bonds is 55. The van der Waals surface area contributed by atoms with Crippen molar-refractivity contribution >= 4 is 154 Å². The Morgan fingerprint density at radius 1 is 0.380 bits per heavy atom. The first kappa shape index (κ1) is 104. The molecular weight excluding hydrogens is 1710 g/mol. The van der Waals surface area contributed by atoms with Crippen LogP contribution in [0.5, 0.6) is 5.75 Å². The number of phenolic OH excluding ortho intramolecular Hbond substituents is 1. The van der Waals surface area contributed by atoms with Gasteiger partial charge in [0.15, 0.2) is 0 Å². The lowest BCUT2D eigenvalue weighted by molar-refractivity contribution is -0.137. The van der Waals surface area contributed by atoms with Crippen molar-refractivity contribution in [3.8, 4) is 5.75 Å². The summed E-state index contributed by atoms with van der Waals surface area (Å²) in [7, 11) is 0. The summed E-state index contributed by atoms with van der Waals surface area (Å²) in [6.07, 6.45) is -1.09. The molecule has 2 aromatic heterocycles. The molecule has 0 spiro atoms. The van der Waals surface area contributed by atoms with Gasteiger partial charge < -0.3 is 129 Å². The number of aliphatic hydroxyl groups is 1. The third-order valence-electron chi connectivity index (χ3n) is 20.6. The van der Waals surface area contributed by atoms with Crippen LogP contribution in [0.25, 0.3) is 21.8 Å². The predicted molar refractivity (Wildman–Crippen MR) is 480 cm³/mol. The van der Waals surface area contributed by atoms with Crippen molar-refractivity contribution in [2.75, 3.05) is 31.1 Å². The maximum Gasteiger partial charge on any atom is 0.312 e. The van der Waals surface area contributed by atoms with Crippen LogP contribution in [0, 0.1) is 5.92 Å². The number of aromatic nitrogens is 2. The van der Waals surface area contributed by atoms with Gasteiger partial charge in [0.2, 0.25) is 100 Å². The third-order valence-corrected chi connectivity index (χ3v) is 21.4. The molecule has 0 saturated carbocycles. The van der Waals surface area contributed by atoms with Crippen LogP contribution in [-0.4, -0.2) is 242 Å². The summed E-state index contributed by atoms with van der Waals surface area (Å²) in [4.78, 5) is 254. The van der Waals surface area contributed by atoms with Crippen LogP contribution in [0.3, 0.4) is 0 Å². The van der Waals surface area contributed by atoms with E-state index < -0.39 is 235 Å². The van der Waals surface area contributed by atoms with E-state index in [1.54, 1.807) is 98.9 Å². The molecule has 6 aromatic rings. The van der Waals surface area contributed by atoms with Gasteiger partial charge in [0, 0.05) is 111 Å². The molecule has 19 amide bonds. The summed E-state index contributed by atoms with van der Waals surface area (Å²) in [6, 6.07) is 6.62. The van der Waals surface area contributed by atoms with Gasteiger partial charge in [-0.3, -0.25) is 81.5 Å². The molecule has 0 aliphatic heterocycles. The van der Waals surface area contributed by atoms with Gasteiger partial charge in [-0.25, -0.2) is 4.79 Å². The summed E-state index contributed by atoms with van der Waals surface area (Å²) in [5.74, 6) is -17.6. The molecule has 29 N–H and O–H groups in total. The molecule has 44 heteroatoms. The van der Waals surface area contributed by atoms with Crippen LogP contribution in [0.1, 0.15) is 121 Å². The fourth-order valence-corrected chi connectivity index (χ4v) is 14.1. The highest BCUT2D eigenvalue weighted by Gasteiger charge is 2.39. The van der Waals surface area contributed by atoms with E-state index in [1.165, 1.54) is 37.4 Å². The number of primary amides is 4. The van der Waals surface area contributed by atoms with Crippen molar-refractivity contribution in [2.45, 2.75) is 209 Å². The highest BCUT2D eigenvalue weighted by atomic mass is 32.1. The number of aromatic hydroxyl groups is 1. The van der Waals surface area contributed by atoms with Crippen LogP contribution >= 0.6 is 25.3 Å². The molecule has 0 aliphatic rings. The normalized spacial score (nSPS) is 14.4. The number of fused-ring (bicyclic) bond motifs is 2. The van der Waals surface area contributed by atoms with E-state index in [0.29, 0.717) is 63.4 Å². The van der Waals surface area contributed by atoms with E-state index in [9.17, 15) is 82.1 Å². The largest absolute Gasteiger partial charge is 0.508 e. The minimum atomic E-state index is -1.93. The average molecular weight is 1830 g/mol. The highest BCUT2D eigenvalue weighted by molar-refractivity contribution is 7.80. The molecular formula is C85H118N22O20S2. The number of para-hydroxylation sites is 2. The van der Waals surface area contributed by atoms with Crippen LogP contribution in [-0.2, 0) is 107 Å². The first-order valence-electron chi connectivity index (χ1n) is 41.9. The number of thiol groups is 2. The van der Waals surface area contributed by atoms with Gasteiger partial charge in [-0.2, -0.15) is 25.3 Å². The SMILES string of the molecule is CC(=O)N[C@@H](CS)C(=O)N[C@@H](CCC(N)=O)C(=O)N[C@H](C(=O)N[C@@H](Cc1c[nH]c2ccccc12)C(=O)N[C@@H](CCC(N)=O)C(=O)N[C@@H](CS)C(=O)N[C@@H](Cc1ccc(O)cc1)C(=O)N[C@@H](Cc1c[nH]c2ccccc12)C(=O)N[C@@H](CCCNC(N)=O)C(=O)N[C@H](C(=O)N[C@@H](Cc1ccccc1)C(=O)N[C@H](C)C(=O)NCCC(=O)N[C@H](CCCCN)C(N)=O)C(C)C)[C@@H](C)O. The lowest BCUT2D eigenvalue weighted by Crippen LogP contribution is -2.62. The number of aromatic amines is 2. The van der Waals surface area contributed by atoms with E-state index in [-0.39, 0.29) is 69.5 Å². The molecule has 700 valence electrons. The molecule has 0 radical (unpaired) electrons. The Kier molecular flexibility index (Phi) is 42.6. The van der Waals surface area contributed by atoms with E-state index in [2.05, 4.69) is 115 Å². The number of phenols is 1. The van der Waals surface area contributed by atoms with E-state index in [0.717, 1.165) is 13.8 Å². The zero-order chi connectivity index (χ0) is 95.1. The Bertz CT molecular complexity index is 4900. The van der Waals surface area contributed by atoms with Gasteiger partial charge in [0.1, 0.15) is 84.3 Å². The highest BCUT2D eigenvalue weighted by Crippen LogP contribution is 2.23. The van der Waals surface area contributed by atoms with Crippen molar-refractivity contribution in [3.05, 3.63) is 138 Å². The number of unbranched alkanes of at least 4 members (excludes halogenated alkanes) is 1. The predicted octanol–water partition coefficient (Wildman–Crippen LogP) is -4.04. The van der Waals surface area contributed by atoms with Crippen molar-refractivity contribution in [2.24, 2.45) is 34.6 Å². The number of amides is 19. The zero-order valence-electron chi connectivity index (χ0n) is 72.1. The fourth-order valence-electron chi connectivity index (χ4n) is 13.6. The minimum absolute atomic E-state index is 0.0409. The first-order valence-corrected chi connectivity index (χ1v) is 43.2. The Balaban J connectivity index is 1.28. The molecule has 42 nitrogen and oxygen atoms in total. The fraction of sp³-hybridized carbons (Fsp3) is 0.459. The lowest BCUT2D eigenvalue weighted by Gasteiger charge is -2.29. The summed E-state index contributed by atoms with van der Waals surface area (Å²) in [6.45, 7) is 6.81. The molecule has 0 unspecified atom stereocenters. The summed E-state index contributed by atoms with van der Waals surface area (Å²) in [5, 5.41) is 60.8. The molecule has 0 bridgehead atoms. The van der Waals surface area contributed by atoms with Crippen LogP contribution in [0.15, 0.2) is 116 Å². The summed E-state index contributed by atoms with van der Waals surface area (Å²) >= 11 is 8.49. The van der Waals surface area contributed by atoms with Crippen molar-refractivity contribution < 1.29 is 96.5 Å². The molecule has 6 rings (SSSR count). The number of benzene rings is 4. The molecule has 2 heterocycles. The Morgan fingerprint density at radius 3 is 1.23 bits per heavy atom. The number of hydrogen-bond acceptors (Lipinski definition) is 23. The minimum Gasteiger partial charge on any atom is -0.508 e. The van der Waals surface area contributed by atoms with Crippen LogP contribution < -0.4 is 108 Å². The van der Waals surface area contributed by atoms with Crippen molar-refractivity contribution in [1.29, 1.82) is 0 Å². The van der Waals surface area contributed by atoms with Gasteiger partial charge in [0.05, 0.1) is 6.10 Å². The number of nitrogens with two attached hydrogens (primary N) is 5. The zero-order valence-corrected chi connectivity index (χ0v) is 73.9. The smallest absolute Gasteiger partial charge is 0.312 e. The maximum absolute atomic E-state index is 15.4. The number of H-pyrrole nitrogens is 2. The van der Waals surface area contributed by atoms with Crippen LogP contribution in [0.4, 0.5) is 4.79 Å². The third kappa shape index (κ3) is 34.7. The van der Waals surface area contributed by atoms with Gasteiger partial charge in [-0.1, -0.05) is 92.7 Å². The lowest BCUT2D eigenvalue weighted by atomic mass is 9.99. The van der Waals surface area contributed by atoms with Gasteiger partial charge in [0.25, 0.3) is 0 Å². The second kappa shape index (κ2) is 52.7. The molecule has 0 aliphatic carbocycles. The monoisotopic (exact) mass is 1830 g/mol. The quantitative estimate of drug-likeness (QED) is 0.0128. The second-order valence-electron chi connectivity index (χ2n) is 31.3. The number of carbonyl (C=O) groups excluding carboxylic acids is 18. The maximum atomic E-state index is 15.4. The van der Waals surface area contributed by atoms with Crippen molar-refractivity contribution in [3.63, 3.8) is 0 Å². The molecule has 0 fully saturated rings. The second-order valence-corrected chi connectivity index (χ2v) is 32.0. The Morgan fingerprint density at radius 2 is 0.775 bits per heavy atom. The molecule has 4 aromatic carbocycles. The molecule has 0 saturated heterocycles. The van der Waals surface area contributed by atoms with Gasteiger partial charge in [-0.15, -0.1) is 0 Å². The number of hydrogen-bond donors (Lipinski definition) is 26. The molecule has 14 atom stereocenters. The van der Waals surface area contributed by atoms with E-state index >= 15 is 14.4 Å². The van der Waals surface area contributed by atoms with E-state index in [4.69, 9.17) is 28.7 Å².